The van der Waals surface area contributed by atoms with E-state index in [1.807, 2.05) is 73.0 Å². The summed E-state index contributed by atoms with van der Waals surface area (Å²) < 4.78 is 7.64. The quantitative estimate of drug-likeness (QED) is 0.583. The Kier molecular flexibility index (Phi) is 6.49. The molecule has 152 valence electrons. The number of imidazole rings is 1. The zero-order valence-corrected chi connectivity index (χ0v) is 16.7. The van der Waals surface area contributed by atoms with Gasteiger partial charge in [-0.3, -0.25) is 9.59 Å². The standard InChI is InChI=1S/C22H26N4O3/c1-3-15(2)21(22(23)28)25-20(27)13-26-18-12-8-7-11-17(18)24-19(26)14-29-16-9-5-4-6-10-16/h4-12,15,21H,3,13-14H2,1-2H3,(H2,23,28)(H,25,27). The number of aromatic nitrogens is 2. The molecule has 0 spiro atoms. The van der Waals surface area contributed by atoms with Gasteiger partial charge < -0.3 is 20.4 Å². The van der Waals surface area contributed by atoms with E-state index in [0.717, 1.165) is 23.2 Å². The van der Waals surface area contributed by atoms with Gasteiger partial charge in [-0.2, -0.15) is 0 Å². The lowest BCUT2D eigenvalue weighted by atomic mass is 9.98. The minimum Gasteiger partial charge on any atom is -0.486 e. The molecule has 0 saturated carbocycles. The first-order chi connectivity index (χ1) is 14.0. The molecule has 7 heteroatoms. The fourth-order valence-electron chi connectivity index (χ4n) is 3.17. The first kappa shape index (κ1) is 20.4. The lowest BCUT2D eigenvalue weighted by Gasteiger charge is -2.21. The number of para-hydroxylation sites is 3. The number of benzene rings is 2. The summed E-state index contributed by atoms with van der Waals surface area (Å²) in [5.41, 5.74) is 7.08. The van der Waals surface area contributed by atoms with Crippen molar-refractivity contribution in [3.63, 3.8) is 0 Å². The normalized spacial score (nSPS) is 13.0. The van der Waals surface area contributed by atoms with E-state index in [2.05, 4.69) is 10.3 Å². The smallest absolute Gasteiger partial charge is 0.240 e. The van der Waals surface area contributed by atoms with Crippen LogP contribution in [-0.2, 0) is 22.7 Å². The van der Waals surface area contributed by atoms with E-state index in [-0.39, 0.29) is 25.0 Å². The number of primary amides is 1. The van der Waals surface area contributed by atoms with Crippen molar-refractivity contribution in [2.45, 2.75) is 39.5 Å². The van der Waals surface area contributed by atoms with Crippen molar-refractivity contribution < 1.29 is 14.3 Å². The summed E-state index contributed by atoms with van der Waals surface area (Å²) in [6.07, 6.45) is 0.734. The van der Waals surface area contributed by atoms with E-state index in [1.165, 1.54) is 0 Å². The maximum absolute atomic E-state index is 12.7. The molecule has 3 aromatic rings. The Hall–Kier alpha value is -3.35. The second-order valence-electron chi connectivity index (χ2n) is 7.04. The van der Waals surface area contributed by atoms with Crippen molar-refractivity contribution in [2.75, 3.05) is 0 Å². The number of carbonyl (C=O) groups is 2. The van der Waals surface area contributed by atoms with E-state index in [9.17, 15) is 9.59 Å². The summed E-state index contributed by atoms with van der Waals surface area (Å²) in [7, 11) is 0. The summed E-state index contributed by atoms with van der Waals surface area (Å²) >= 11 is 0. The average molecular weight is 394 g/mol. The van der Waals surface area contributed by atoms with E-state index >= 15 is 0 Å². The van der Waals surface area contributed by atoms with Gasteiger partial charge >= 0.3 is 0 Å². The van der Waals surface area contributed by atoms with Crippen LogP contribution in [0.25, 0.3) is 11.0 Å². The molecule has 29 heavy (non-hydrogen) atoms. The van der Waals surface area contributed by atoms with Gasteiger partial charge in [0.25, 0.3) is 0 Å². The van der Waals surface area contributed by atoms with Crippen LogP contribution in [0.5, 0.6) is 5.75 Å². The van der Waals surface area contributed by atoms with Crippen LogP contribution in [0.1, 0.15) is 26.1 Å². The Morgan fingerprint density at radius 1 is 1.14 bits per heavy atom. The van der Waals surface area contributed by atoms with Crippen LogP contribution in [0.2, 0.25) is 0 Å². The Labute approximate surface area is 169 Å². The van der Waals surface area contributed by atoms with Crippen LogP contribution < -0.4 is 15.8 Å². The monoisotopic (exact) mass is 394 g/mol. The predicted molar refractivity (Wildman–Crippen MR) is 111 cm³/mol. The third-order valence-corrected chi connectivity index (χ3v) is 4.98. The van der Waals surface area contributed by atoms with Crippen LogP contribution in [0, 0.1) is 5.92 Å². The van der Waals surface area contributed by atoms with Crippen LogP contribution in [0.4, 0.5) is 0 Å². The summed E-state index contributed by atoms with van der Waals surface area (Å²) in [5, 5.41) is 2.77. The first-order valence-electron chi connectivity index (χ1n) is 9.70. The largest absolute Gasteiger partial charge is 0.486 e. The Morgan fingerprint density at radius 2 is 1.83 bits per heavy atom. The van der Waals surface area contributed by atoms with Gasteiger partial charge in [-0.1, -0.05) is 50.6 Å². The Morgan fingerprint density at radius 3 is 2.52 bits per heavy atom. The van der Waals surface area contributed by atoms with Crippen molar-refractivity contribution in [2.24, 2.45) is 11.7 Å². The van der Waals surface area contributed by atoms with Crippen LogP contribution in [0.3, 0.4) is 0 Å². The maximum atomic E-state index is 12.7. The third kappa shape index (κ3) is 4.93. The average Bonchev–Trinajstić information content (AvgIpc) is 3.08. The van der Waals surface area contributed by atoms with Gasteiger partial charge in [-0.05, 0) is 30.2 Å². The molecule has 2 amide bonds. The molecule has 0 bridgehead atoms. The molecular formula is C22H26N4O3. The van der Waals surface area contributed by atoms with Crippen molar-refractivity contribution in [3.8, 4) is 5.75 Å². The van der Waals surface area contributed by atoms with Gasteiger partial charge in [0.1, 0.15) is 30.8 Å². The molecule has 0 fully saturated rings. The highest BCUT2D eigenvalue weighted by Gasteiger charge is 2.24. The molecule has 0 aliphatic carbocycles. The minimum atomic E-state index is -0.702. The minimum absolute atomic E-state index is 0.0220. The Balaban J connectivity index is 1.81. The van der Waals surface area contributed by atoms with Crippen LogP contribution in [0.15, 0.2) is 54.6 Å². The van der Waals surface area contributed by atoms with Crippen molar-refractivity contribution >= 4 is 22.8 Å². The molecule has 7 nitrogen and oxygen atoms in total. The zero-order valence-electron chi connectivity index (χ0n) is 16.7. The molecule has 3 rings (SSSR count). The topological polar surface area (TPSA) is 99.2 Å². The van der Waals surface area contributed by atoms with E-state index < -0.39 is 11.9 Å². The number of rotatable bonds is 9. The molecule has 0 saturated heterocycles. The van der Waals surface area contributed by atoms with E-state index in [0.29, 0.717) is 5.82 Å². The molecular weight excluding hydrogens is 368 g/mol. The van der Waals surface area contributed by atoms with Crippen LogP contribution >= 0.6 is 0 Å². The second kappa shape index (κ2) is 9.23. The number of amides is 2. The number of nitrogens with zero attached hydrogens (tertiary/aromatic N) is 2. The SMILES string of the molecule is CCC(C)C(NC(=O)Cn1c(COc2ccccc2)nc2ccccc21)C(N)=O. The number of fused-ring (bicyclic) bond motifs is 1. The maximum Gasteiger partial charge on any atom is 0.240 e. The number of carbonyl (C=O) groups excluding carboxylic acids is 2. The van der Waals surface area contributed by atoms with Crippen molar-refractivity contribution in [1.82, 2.24) is 14.9 Å². The highest BCUT2D eigenvalue weighted by Crippen LogP contribution is 2.18. The highest BCUT2D eigenvalue weighted by molar-refractivity contribution is 5.87. The van der Waals surface area contributed by atoms with Gasteiger partial charge in [0.15, 0.2) is 0 Å². The van der Waals surface area contributed by atoms with Gasteiger partial charge in [0.05, 0.1) is 11.0 Å². The van der Waals surface area contributed by atoms with Crippen molar-refractivity contribution in [1.29, 1.82) is 0 Å². The number of nitrogens with one attached hydrogen (secondary N) is 1. The molecule has 2 atom stereocenters. The first-order valence-corrected chi connectivity index (χ1v) is 9.70. The number of hydrogen-bond donors (Lipinski definition) is 2. The summed E-state index contributed by atoms with van der Waals surface area (Å²) in [6, 6.07) is 16.3. The van der Waals surface area contributed by atoms with Crippen molar-refractivity contribution in [3.05, 3.63) is 60.4 Å². The predicted octanol–water partition coefficient (Wildman–Crippen LogP) is 2.63. The lowest BCUT2D eigenvalue weighted by molar-refractivity contribution is -0.128. The molecule has 0 aliphatic heterocycles. The fourth-order valence-corrected chi connectivity index (χ4v) is 3.17. The third-order valence-electron chi connectivity index (χ3n) is 4.98. The lowest BCUT2D eigenvalue weighted by Crippen LogP contribution is -2.49. The molecule has 1 aromatic heterocycles. The van der Waals surface area contributed by atoms with Gasteiger partial charge in [0.2, 0.25) is 11.8 Å². The number of nitrogens with two attached hydrogens (primary N) is 1. The van der Waals surface area contributed by atoms with Gasteiger partial charge in [0, 0.05) is 0 Å². The fraction of sp³-hybridized carbons (Fsp3) is 0.318. The molecule has 0 radical (unpaired) electrons. The summed E-state index contributed by atoms with van der Waals surface area (Å²) in [6.45, 7) is 4.08. The highest BCUT2D eigenvalue weighted by atomic mass is 16.5. The molecule has 2 aromatic carbocycles. The molecule has 3 N–H and O–H groups in total. The Bertz CT molecular complexity index is 984. The van der Waals surface area contributed by atoms with Crippen LogP contribution in [-0.4, -0.2) is 27.4 Å². The second-order valence-corrected chi connectivity index (χ2v) is 7.04. The molecule has 0 aliphatic rings. The van der Waals surface area contributed by atoms with Gasteiger partial charge in [-0.15, -0.1) is 0 Å². The molecule has 2 unspecified atom stereocenters. The number of hydrogen-bond acceptors (Lipinski definition) is 4. The zero-order chi connectivity index (χ0) is 20.8. The molecule has 1 heterocycles. The number of ether oxygens (including phenoxy) is 1. The summed E-state index contributed by atoms with van der Waals surface area (Å²) in [4.78, 5) is 29.1. The van der Waals surface area contributed by atoms with Gasteiger partial charge in [-0.25, -0.2) is 4.98 Å². The van der Waals surface area contributed by atoms with E-state index in [1.54, 1.807) is 0 Å². The van der Waals surface area contributed by atoms with E-state index in [4.69, 9.17) is 10.5 Å². The summed E-state index contributed by atoms with van der Waals surface area (Å²) in [5.74, 6) is 0.483.